The summed E-state index contributed by atoms with van der Waals surface area (Å²) in [5, 5.41) is 8.60. The maximum Gasteiger partial charge on any atom is 0.436 e. The summed E-state index contributed by atoms with van der Waals surface area (Å²) in [6, 6.07) is 0. The zero-order valence-corrected chi connectivity index (χ0v) is 9.84. The lowest BCUT2D eigenvalue weighted by molar-refractivity contribution is -0.186. The standard InChI is InChI=1S/C8H8ClF4NO4/c1-14(2)4(6(10)11)3(7(16)17)5(15)8(12,13)18-9/h6H,1-2H3,(H,16,17). The minimum absolute atomic E-state index is 0.538. The van der Waals surface area contributed by atoms with E-state index < -0.39 is 35.6 Å². The molecule has 0 fully saturated rings. The van der Waals surface area contributed by atoms with Crippen LogP contribution in [-0.4, -0.2) is 48.4 Å². The molecule has 0 aliphatic carbocycles. The Labute approximate surface area is 104 Å². The molecule has 0 saturated heterocycles. The number of hydrogen-bond donors (Lipinski definition) is 1. The molecule has 0 aromatic heterocycles. The molecule has 0 aromatic carbocycles. The Bertz CT molecular complexity index is 373. The number of aliphatic carboxylic acids is 1. The number of rotatable bonds is 6. The van der Waals surface area contributed by atoms with Crippen molar-refractivity contribution in [2.24, 2.45) is 0 Å². The third-order valence-electron chi connectivity index (χ3n) is 1.75. The lowest BCUT2D eigenvalue weighted by Crippen LogP contribution is -2.36. The summed E-state index contributed by atoms with van der Waals surface area (Å²) in [4.78, 5) is 22.4. The molecule has 5 nitrogen and oxygen atoms in total. The van der Waals surface area contributed by atoms with E-state index in [0.717, 1.165) is 14.1 Å². The van der Waals surface area contributed by atoms with Crippen molar-refractivity contribution in [3.63, 3.8) is 0 Å². The Morgan fingerprint density at radius 3 is 2.00 bits per heavy atom. The van der Waals surface area contributed by atoms with Gasteiger partial charge in [-0.05, 0) is 0 Å². The second-order valence-corrected chi connectivity index (χ2v) is 3.34. The number of hydrogen-bond acceptors (Lipinski definition) is 4. The summed E-state index contributed by atoms with van der Waals surface area (Å²) >= 11 is 4.31. The van der Waals surface area contributed by atoms with Gasteiger partial charge in [0.1, 0.15) is 5.57 Å². The van der Waals surface area contributed by atoms with Gasteiger partial charge in [0, 0.05) is 14.1 Å². The number of carbonyl (C=O) groups excluding carboxylic acids is 1. The third-order valence-corrected chi connectivity index (χ3v) is 1.94. The van der Waals surface area contributed by atoms with E-state index in [1.165, 1.54) is 0 Å². The summed E-state index contributed by atoms with van der Waals surface area (Å²) in [5.74, 6) is -4.70. The smallest absolute Gasteiger partial charge is 0.436 e. The van der Waals surface area contributed by atoms with Crippen LogP contribution >= 0.6 is 11.9 Å². The Morgan fingerprint density at radius 1 is 1.33 bits per heavy atom. The molecular weight excluding hydrogens is 286 g/mol. The second kappa shape index (κ2) is 6.01. The van der Waals surface area contributed by atoms with E-state index in [1.807, 2.05) is 0 Å². The van der Waals surface area contributed by atoms with Crippen LogP contribution in [0.5, 0.6) is 0 Å². The first-order valence-corrected chi connectivity index (χ1v) is 4.52. The number of Topliss-reactive ketones (excluding diaryl/α,β-unsaturated/α-hetero) is 1. The summed E-state index contributed by atoms with van der Waals surface area (Å²) in [6.07, 6.45) is -8.16. The van der Waals surface area contributed by atoms with Gasteiger partial charge >= 0.3 is 12.1 Å². The van der Waals surface area contributed by atoms with E-state index in [2.05, 4.69) is 16.2 Å². The van der Waals surface area contributed by atoms with Crippen LogP contribution in [0.3, 0.4) is 0 Å². The van der Waals surface area contributed by atoms with Crippen molar-refractivity contribution in [2.75, 3.05) is 14.1 Å². The largest absolute Gasteiger partial charge is 0.477 e. The highest BCUT2D eigenvalue weighted by Gasteiger charge is 2.47. The van der Waals surface area contributed by atoms with Crippen molar-refractivity contribution < 1.29 is 36.5 Å². The summed E-state index contributed by atoms with van der Waals surface area (Å²) in [6.45, 7) is 0. The first kappa shape index (κ1) is 16.6. The fourth-order valence-electron chi connectivity index (χ4n) is 1.03. The fraction of sp³-hybridized carbons (Fsp3) is 0.500. The van der Waals surface area contributed by atoms with Crippen LogP contribution < -0.4 is 0 Å². The van der Waals surface area contributed by atoms with Gasteiger partial charge in [0.25, 0.3) is 12.2 Å². The number of carboxylic acid groups (broad SMARTS) is 1. The molecule has 0 spiro atoms. The number of halogens is 5. The SMILES string of the molecule is CN(C)C(=C(C(=O)O)C(=O)C(F)(F)OCl)C(F)F. The average molecular weight is 294 g/mol. The van der Waals surface area contributed by atoms with Crippen molar-refractivity contribution in [2.45, 2.75) is 12.5 Å². The van der Waals surface area contributed by atoms with E-state index in [4.69, 9.17) is 5.11 Å². The Kier molecular flexibility index (Phi) is 5.55. The number of carbonyl (C=O) groups is 2. The molecule has 0 bridgehead atoms. The number of nitrogens with zero attached hydrogens (tertiary/aromatic N) is 1. The number of allylic oxidation sites excluding steroid dienone is 1. The molecule has 0 rings (SSSR count). The van der Waals surface area contributed by atoms with Gasteiger partial charge in [-0.15, -0.1) is 0 Å². The number of carboxylic acids is 1. The molecule has 18 heavy (non-hydrogen) atoms. The molecule has 0 aliphatic heterocycles. The molecule has 0 amide bonds. The Balaban J connectivity index is 5.92. The molecular formula is C8H8ClF4NO4. The van der Waals surface area contributed by atoms with Gasteiger partial charge in [-0.2, -0.15) is 8.78 Å². The molecule has 0 radical (unpaired) electrons. The fourth-order valence-corrected chi connectivity index (χ4v) is 1.10. The highest BCUT2D eigenvalue weighted by molar-refractivity contribution is 6.20. The number of alkyl halides is 4. The van der Waals surface area contributed by atoms with Crippen molar-refractivity contribution in [3.8, 4) is 0 Å². The molecule has 104 valence electrons. The first-order chi connectivity index (χ1) is 8.06. The molecule has 10 heteroatoms. The normalized spacial score (nSPS) is 13.3. The molecule has 0 heterocycles. The molecule has 0 unspecified atom stereocenters. The quantitative estimate of drug-likeness (QED) is 0.348. The monoisotopic (exact) mass is 293 g/mol. The first-order valence-electron chi connectivity index (χ1n) is 4.21. The van der Waals surface area contributed by atoms with Crippen molar-refractivity contribution >= 4 is 23.6 Å². The lowest BCUT2D eigenvalue weighted by atomic mass is 10.1. The van der Waals surface area contributed by atoms with E-state index in [0.29, 0.717) is 4.90 Å². The van der Waals surface area contributed by atoms with E-state index in [9.17, 15) is 27.2 Å². The van der Waals surface area contributed by atoms with Crippen molar-refractivity contribution in [3.05, 3.63) is 11.3 Å². The van der Waals surface area contributed by atoms with E-state index in [-0.39, 0.29) is 0 Å². The van der Waals surface area contributed by atoms with Gasteiger partial charge in [0.2, 0.25) is 0 Å². The molecule has 0 aliphatic rings. The maximum absolute atomic E-state index is 12.8. The van der Waals surface area contributed by atoms with Gasteiger partial charge in [-0.3, -0.25) is 4.79 Å². The van der Waals surface area contributed by atoms with Crippen LogP contribution in [0.1, 0.15) is 0 Å². The zero-order chi connectivity index (χ0) is 14.7. The predicted molar refractivity (Wildman–Crippen MR) is 51.2 cm³/mol. The van der Waals surface area contributed by atoms with Crippen LogP contribution in [0.4, 0.5) is 17.6 Å². The summed E-state index contributed by atoms with van der Waals surface area (Å²) in [7, 11) is 1.94. The maximum atomic E-state index is 12.8. The Morgan fingerprint density at radius 2 is 1.78 bits per heavy atom. The van der Waals surface area contributed by atoms with Crippen LogP contribution in [-0.2, 0) is 13.9 Å². The zero-order valence-electron chi connectivity index (χ0n) is 9.09. The third kappa shape index (κ3) is 3.57. The topological polar surface area (TPSA) is 66.8 Å². The van der Waals surface area contributed by atoms with E-state index in [1.54, 1.807) is 0 Å². The number of ketones is 1. The summed E-state index contributed by atoms with van der Waals surface area (Å²) < 4.78 is 53.7. The van der Waals surface area contributed by atoms with Crippen LogP contribution in [0.2, 0.25) is 0 Å². The molecule has 0 atom stereocenters. The van der Waals surface area contributed by atoms with Gasteiger partial charge in [-0.1, -0.05) is 0 Å². The van der Waals surface area contributed by atoms with Gasteiger partial charge < -0.3 is 10.0 Å². The highest BCUT2D eigenvalue weighted by Crippen LogP contribution is 2.27. The lowest BCUT2D eigenvalue weighted by Gasteiger charge is -2.20. The van der Waals surface area contributed by atoms with Gasteiger partial charge in [0.15, 0.2) is 0 Å². The Hall–Kier alpha value is -1.35. The van der Waals surface area contributed by atoms with Crippen LogP contribution in [0.15, 0.2) is 11.3 Å². The van der Waals surface area contributed by atoms with Gasteiger partial charge in [0.05, 0.1) is 17.6 Å². The molecule has 0 aromatic rings. The molecule has 1 N–H and O–H groups in total. The van der Waals surface area contributed by atoms with Crippen LogP contribution in [0.25, 0.3) is 0 Å². The van der Waals surface area contributed by atoms with Crippen molar-refractivity contribution in [1.29, 1.82) is 0 Å². The van der Waals surface area contributed by atoms with Crippen LogP contribution in [0, 0.1) is 0 Å². The van der Waals surface area contributed by atoms with Crippen molar-refractivity contribution in [1.82, 2.24) is 4.90 Å². The van der Waals surface area contributed by atoms with Gasteiger partial charge in [-0.25, -0.2) is 17.9 Å². The predicted octanol–water partition coefficient (Wildman–Crippen LogP) is 1.48. The minimum Gasteiger partial charge on any atom is -0.477 e. The summed E-state index contributed by atoms with van der Waals surface area (Å²) in [5.41, 5.74) is -3.17. The second-order valence-electron chi connectivity index (χ2n) is 3.18. The average Bonchev–Trinajstić information content (AvgIpc) is 2.22. The van der Waals surface area contributed by atoms with E-state index >= 15 is 0 Å². The minimum atomic E-state index is -4.72. The molecule has 0 saturated carbocycles. The highest BCUT2D eigenvalue weighted by atomic mass is 35.5.